The number of halogens is 1. The molecule has 0 unspecified atom stereocenters. The van der Waals surface area contributed by atoms with Crippen LogP contribution in [0.1, 0.15) is 18.4 Å². The largest absolute Gasteiger partial charge is 0.312 e. The van der Waals surface area contributed by atoms with Crippen LogP contribution in [0.5, 0.6) is 0 Å². The van der Waals surface area contributed by atoms with E-state index in [1.54, 1.807) is 11.8 Å². The zero-order chi connectivity index (χ0) is 13.8. The van der Waals surface area contributed by atoms with Gasteiger partial charge in [-0.3, -0.25) is 0 Å². The number of hydrogen-bond donors (Lipinski definition) is 1. The van der Waals surface area contributed by atoms with Crippen molar-refractivity contribution in [1.82, 2.24) is 25.5 Å². The van der Waals surface area contributed by atoms with Crippen LogP contribution in [-0.4, -0.2) is 32.8 Å². The molecule has 7 heteroatoms. The smallest absolute Gasteiger partial charge is 0.209 e. The van der Waals surface area contributed by atoms with Gasteiger partial charge in [0.1, 0.15) is 0 Å². The molecular weight excluding hydrogens is 385 g/mol. The monoisotopic (exact) mass is 401 g/mol. The van der Waals surface area contributed by atoms with Crippen LogP contribution < -0.4 is 5.32 Å². The molecular formula is C13H16IN5S. The van der Waals surface area contributed by atoms with Crippen LogP contribution in [0.3, 0.4) is 0 Å². The second-order valence-corrected chi connectivity index (χ2v) is 7.02. The first kappa shape index (κ1) is 14.3. The van der Waals surface area contributed by atoms with E-state index in [1.165, 1.54) is 22.0 Å². The fourth-order valence-corrected chi connectivity index (χ4v) is 3.05. The minimum Gasteiger partial charge on any atom is -0.312 e. The van der Waals surface area contributed by atoms with E-state index in [4.69, 9.17) is 0 Å². The van der Waals surface area contributed by atoms with Crippen LogP contribution in [0.4, 0.5) is 0 Å². The number of thioether (sulfide) groups is 1. The first-order valence-corrected chi connectivity index (χ1v) is 8.74. The predicted molar refractivity (Wildman–Crippen MR) is 87.6 cm³/mol. The summed E-state index contributed by atoms with van der Waals surface area (Å²) in [4.78, 5) is 0. The Bertz CT molecular complexity index is 552. The third kappa shape index (κ3) is 4.16. The minimum atomic E-state index is 0.731. The molecule has 1 heterocycles. The number of tetrazole rings is 1. The van der Waals surface area contributed by atoms with Gasteiger partial charge in [0.05, 0.1) is 6.54 Å². The lowest BCUT2D eigenvalue weighted by Crippen LogP contribution is -2.22. The highest BCUT2D eigenvalue weighted by Gasteiger charge is 2.20. The van der Waals surface area contributed by atoms with Crippen molar-refractivity contribution < 1.29 is 0 Å². The van der Waals surface area contributed by atoms with E-state index in [2.05, 4.69) is 67.7 Å². The molecule has 0 spiro atoms. The molecule has 0 bridgehead atoms. The molecule has 1 aliphatic carbocycles. The average molecular weight is 401 g/mol. The van der Waals surface area contributed by atoms with Gasteiger partial charge in [-0.15, -0.1) is 5.10 Å². The molecule has 2 aromatic rings. The third-order valence-electron chi connectivity index (χ3n) is 3.11. The summed E-state index contributed by atoms with van der Waals surface area (Å²) in [6, 6.07) is 9.28. The highest BCUT2D eigenvalue weighted by atomic mass is 127. The lowest BCUT2D eigenvalue weighted by molar-refractivity contribution is 0.509. The maximum absolute atomic E-state index is 4.10. The van der Waals surface area contributed by atoms with Gasteiger partial charge in [-0.05, 0) is 63.6 Å². The van der Waals surface area contributed by atoms with Crippen molar-refractivity contribution in [3.63, 3.8) is 0 Å². The van der Waals surface area contributed by atoms with E-state index in [0.717, 1.165) is 30.0 Å². The second-order valence-electron chi connectivity index (χ2n) is 4.83. The molecule has 0 aliphatic heterocycles. The summed E-state index contributed by atoms with van der Waals surface area (Å²) >= 11 is 4.00. The summed E-state index contributed by atoms with van der Waals surface area (Å²) in [7, 11) is 0. The summed E-state index contributed by atoms with van der Waals surface area (Å²) in [6.07, 6.45) is 2.62. The molecule has 5 nitrogen and oxygen atoms in total. The Labute approximate surface area is 136 Å². The SMILES string of the molecule is Ic1ccc(CSc2nnnn2CCNC2CC2)cc1. The van der Waals surface area contributed by atoms with Crippen molar-refractivity contribution >= 4 is 34.4 Å². The number of hydrogen-bond acceptors (Lipinski definition) is 5. The van der Waals surface area contributed by atoms with Gasteiger partial charge in [-0.25, -0.2) is 4.68 Å². The van der Waals surface area contributed by atoms with Crippen LogP contribution >= 0.6 is 34.4 Å². The lowest BCUT2D eigenvalue weighted by Gasteiger charge is -2.05. The Hall–Kier alpha value is -0.670. The number of benzene rings is 1. The maximum atomic E-state index is 4.10. The molecule has 106 valence electrons. The van der Waals surface area contributed by atoms with Gasteiger partial charge in [-0.2, -0.15) is 0 Å². The average Bonchev–Trinajstić information content (AvgIpc) is 3.17. The van der Waals surface area contributed by atoms with Crippen molar-refractivity contribution in [2.45, 2.75) is 36.3 Å². The van der Waals surface area contributed by atoms with E-state index < -0.39 is 0 Å². The Kier molecular flexibility index (Phi) is 4.90. The van der Waals surface area contributed by atoms with E-state index in [9.17, 15) is 0 Å². The first-order valence-electron chi connectivity index (χ1n) is 6.68. The van der Waals surface area contributed by atoms with E-state index in [-0.39, 0.29) is 0 Å². The van der Waals surface area contributed by atoms with Crippen LogP contribution in [0, 0.1) is 3.57 Å². The molecule has 1 aliphatic rings. The summed E-state index contributed by atoms with van der Waals surface area (Å²) in [5.74, 6) is 0.896. The van der Waals surface area contributed by atoms with Crippen molar-refractivity contribution in [1.29, 1.82) is 0 Å². The van der Waals surface area contributed by atoms with Gasteiger partial charge in [0.15, 0.2) is 0 Å². The minimum absolute atomic E-state index is 0.731. The number of rotatable bonds is 7. The number of nitrogens with one attached hydrogen (secondary N) is 1. The molecule has 3 rings (SSSR count). The lowest BCUT2D eigenvalue weighted by atomic mass is 10.2. The van der Waals surface area contributed by atoms with E-state index in [1.807, 2.05) is 4.68 Å². The topological polar surface area (TPSA) is 55.6 Å². The Morgan fingerprint density at radius 3 is 2.85 bits per heavy atom. The van der Waals surface area contributed by atoms with Gasteiger partial charge < -0.3 is 5.32 Å². The summed E-state index contributed by atoms with van der Waals surface area (Å²) in [5, 5.41) is 16.3. The molecule has 0 radical (unpaired) electrons. The quantitative estimate of drug-likeness (QED) is 0.570. The summed E-state index contributed by atoms with van der Waals surface area (Å²) < 4.78 is 3.14. The van der Waals surface area contributed by atoms with Gasteiger partial charge >= 0.3 is 0 Å². The predicted octanol–water partition coefficient (Wildman–Crippen LogP) is 2.32. The van der Waals surface area contributed by atoms with Crippen molar-refractivity contribution in [3.05, 3.63) is 33.4 Å². The zero-order valence-electron chi connectivity index (χ0n) is 11.0. The zero-order valence-corrected chi connectivity index (χ0v) is 14.0. The van der Waals surface area contributed by atoms with Crippen LogP contribution in [-0.2, 0) is 12.3 Å². The number of nitrogens with zero attached hydrogens (tertiary/aromatic N) is 4. The van der Waals surface area contributed by atoms with Crippen molar-refractivity contribution in [3.8, 4) is 0 Å². The van der Waals surface area contributed by atoms with Gasteiger partial charge in [0, 0.05) is 21.9 Å². The maximum Gasteiger partial charge on any atom is 0.209 e. The normalized spacial score (nSPS) is 14.7. The molecule has 1 N–H and O–H groups in total. The van der Waals surface area contributed by atoms with E-state index in [0.29, 0.717) is 0 Å². The molecule has 1 fully saturated rings. The fraction of sp³-hybridized carbons (Fsp3) is 0.462. The third-order valence-corrected chi connectivity index (χ3v) is 4.86. The highest BCUT2D eigenvalue weighted by molar-refractivity contribution is 14.1. The molecule has 1 saturated carbocycles. The summed E-state index contributed by atoms with van der Waals surface area (Å²) in [6.45, 7) is 1.77. The van der Waals surface area contributed by atoms with E-state index >= 15 is 0 Å². The molecule has 1 aromatic carbocycles. The van der Waals surface area contributed by atoms with Gasteiger partial charge in [0.25, 0.3) is 0 Å². The van der Waals surface area contributed by atoms with Crippen molar-refractivity contribution in [2.24, 2.45) is 0 Å². The Balaban J connectivity index is 1.51. The van der Waals surface area contributed by atoms with Crippen LogP contribution in [0.2, 0.25) is 0 Å². The van der Waals surface area contributed by atoms with Crippen molar-refractivity contribution in [2.75, 3.05) is 6.54 Å². The molecule has 20 heavy (non-hydrogen) atoms. The second kappa shape index (κ2) is 6.86. The van der Waals surface area contributed by atoms with Gasteiger partial charge in [0.2, 0.25) is 5.16 Å². The van der Waals surface area contributed by atoms with Gasteiger partial charge in [-0.1, -0.05) is 23.9 Å². The molecule has 1 aromatic heterocycles. The summed E-state index contributed by atoms with van der Waals surface area (Å²) in [5.41, 5.74) is 1.29. The standard InChI is InChI=1S/C13H16IN5S/c14-11-3-1-10(2-4-11)9-20-13-16-17-18-19(13)8-7-15-12-5-6-12/h1-4,12,15H,5-9H2. The molecule has 0 saturated heterocycles. The highest BCUT2D eigenvalue weighted by Crippen LogP contribution is 2.21. The Morgan fingerprint density at radius 1 is 1.30 bits per heavy atom. The number of aromatic nitrogens is 4. The fourth-order valence-electron chi connectivity index (χ4n) is 1.83. The Morgan fingerprint density at radius 2 is 2.10 bits per heavy atom. The van der Waals surface area contributed by atoms with Crippen LogP contribution in [0.25, 0.3) is 0 Å². The molecule has 0 amide bonds. The van der Waals surface area contributed by atoms with Crippen LogP contribution in [0.15, 0.2) is 29.4 Å². The molecule has 0 atom stereocenters. The first-order chi connectivity index (χ1) is 9.81.